The lowest BCUT2D eigenvalue weighted by atomic mass is 10.1. The first kappa shape index (κ1) is 22.4. The summed E-state index contributed by atoms with van der Waals surface area (Å²) in [4.78, 5) is 27.4. The highest BCUT2D eigenvalue weighted by Gasteiger charge is 2.26. The molecule has 0 heterocycles. The van der Waals surface area contributed by atoms with E-state index in [-0.39, 0.29) is 24.3 Å². The number of halogens is 2. The second-order valence-electron chi connectivity index (χ2n) is 6.95. The van der Waals surface area contributed by atoms with Crippen LogP contribution in [0.4, 0.5) is 0 Å². The van der Waals surface area contributed by atoms with Crippen molar-refractivity contribution in [3.05, 3.63) is 69.2 Å². The predicted molar refractivity (Wildman–Crippen MR) is 117 cm³/mol. The van der Waals surface area contributed by atoms with E-state index in [1.165, 1.54) is 0 Å². The fourth-order valence-electron chi connectivity index (χ4n) is 2.76. The first-order chi connectivity index (χ1) is 13.3. The summed E-state index contributed by atoms with van der Waals surface area (Å²) in [6.07, 6.45) is 1.05. The van der Waals surface area contributed by atoms with E-state index in [1.807, 2.05) is 50.2 Å². The van der Waals surface area contributed by atoms with Gasteiger partial charge in [0.1, 0.15) is 6.04 Å². The first-order valence-electron chi connectivity index (χ1n) is 9.39. The molecule has 28 heavy (non-hydrogen) atoms. The molecule has 0 bridgehead atoms. The molecule has 2 aromatic carbocycles. The van der Waals surface area contributed by atoms with Crippen LogP contribution < -0.4 is 5.32 Å². The molecule has 2 rings (SSSR count). The Morgan fingerprint density at radius 2 is 1.79 bits per heavy atom. The van der Waals surface area contributed by atoms with Crippen LogP contribution in [0.25, 0.3) is 0 Å². The average Bonchev–Trinajstić information content (AvgIpc) is 2.67. The van der Waals surface area contributed by atoms with Gasteiger partial charge >= 0.3 is 0 Å². The van der Waals surface area contributed by atoms with Gasteiger partial charge in [0.05, 0.1) is 6.42 Å². The number of benzene rings is 2. The molecule has 2 aromatic rings. The molecule has 0 spiro atoms. The maximum atomic E-state index is 13.1. The van der Waals surface area contributed by atoms with Gasteiger partial charge in [0, 0.05) is 22.1 Å². The fraction of sp³-hybridized carbons (Fsp3) is 0.364. The summed E-state index contributed by atoms with van der Waals surface area (Å²) in [5.41, 5.74) is 1.82. The maximum absolute atomic E-state index is 13.1. The molecular formula is C22H26BrClN2O2. The van der Waals surface area contributed by atoms with E-state index in [2.05, 4.69) is 21.2 Å². The quantitative estimate of drug-likeness (QED) is 0.598. The van der Waals surface area contributed by atoms with Gasteiger partial charge in [0.25, 0.3) is 0 Å². The third-order valence-corrected chi connectivity index (χ3v) is 5.42. The van der Waals surface area contributed by atoms with E-state index in [4.69, 9.17) is 11.6 Å². The molecule has 0 radical (unpaired) electrons. The Hall–Kier alpha value is -1.85. The SMILES string of the molecule is CC[C@H](C)NC(=O)[C@@H](C)N(Cc1cccc(Br)c1)C(=O)Cc1ccc(Cl)cc1. The highest BCUT2D eigenvalue weighted by atomic mass is 79.9. The Bertz CT molecular complexity index is 810. The van der Waals surface area contributed by atoms with Crippen molar-refractivity contribution in [2.45, 2.75) is 52.2 Å². The van der Waals surface area contributed by atoms with Crippen LogP contribution in [0, 0.1) is 0 Å². The molecule has 4 nitrogen and oxygen atoms in total. The lowest BCUT2D eigenvalue weighted by Gasteiger charge is -2.30. The first-order valence-corrected chi connectivity index (χ1v) is 10.6. The minimum absolute atomic E-state index is 0.0639. The summed E-state index contributed by atoms with van der Waals surface area (Å²) in [5.74, 6) is -0.247. The van der Waals surface area contributed by atoms with Crippen molar-refractivity contribution >= 4 is 39.3 Å². The van der Waals surface area contributed by atoms with Crippen molar-refractivity contribution in [1.29, 1.82) is 0 Å². The highest BCUT2D eigenvalue weighted by molar-refractivity contribution is 9.10. The van der Waals surface area contributed by atoms with Gasteiger partial charge in [-0.1, -0.05) is 58.7 Å². The van der Waals surface area contributed by atoms with Crippen LogP contribution in [0.5, 0.6) is 0 Å². The van der Waals surface area contributed by atoms with E-state index in [1.54, 1.807) is 24.0 Å². The predicted octanol–water partition coefficient (Wildman–Crippen LogP) is 4.98. The molecule has 6 heteroatoms. The molecule has 0 saturated heterocycles. The number of carbonyl (C=O) groups excluding carboxylic acids is 2. The minimum Gasteiger partial charge on any atom is -0.352 e. The van der Waals surface area contributed by atoms with E-state index >= 15 is 0 Å². The van der Waals surface area contributed by atoms with Gasteiger partial charge in [-0.05, 0) is 55.7 Å². The second kappa shape index (κ2) is 10.6. The molecule has 0 aromatic heterocycles. The summed E-state index contributed by atoms with van der Waals surface area (Å²) >= 11 is 9.40. The number of nitrogens with one attached hydrogen (secondary N) is 1. The van der Waals surface area contributed by atoms with Crippen LogP contribution in [-0.2, 0) is 22.6 Å². The third kappa shape index (κ3) is 6.64. The zero-order valence-electron chi connectivity index (χ0n) is 16.4. The van der Waals surface area contributed by atoms with Gasteiger partial charge in [0.15, 0.2) is 0 Å². The van der Waals surface area contributed by atoms with Crippen molar-refractivity contribution in [1.82, 2.24) is 10.2 Å². The molecule has 0 aliphatic carbocycles. The Labute approximate surface area is 180 Å². The standard InChI is InChI=1S/C22H26BrClN2O2/c1-4-15(2)25-22(28)16(3)26(14-18-6-5-7-19(23)12-18)21(27)13-17-8-10-20(24)11-9-17/h5-12,15-16H,4,13-14H2,1-3H3,(H,25,28)/t15-,16+/m0/s1. The number of hydrogen-bond donors (Lipinski definition) is 1. The molecule has 1 N–H and O–H groups in total. The van der Waals surface area contributed by atoms with Crippen LogP contribution in [0.1, 0.15) is 38.3 Å². The minimum atomic E-state index is -0.576. The molecule has 0 aliphatic heterocycles. The second-order valence-corrected chi connectivity index (χ2v) is 8.30. The van der Waals surface area contributed by atoms with Gasteiger partial charge in [-0.3, -0.25) is 9.59 Å². The van der Waals surface area contributed by atoms with Crippen LogP contribution >= 0.6 is 27.5 Å². The zero-order valence-corrected chi connectivity index (χ0v) is 18.8. The van der Waals surface area contributed by atoms with E-state index in [0.717, 1.165) is 22.0 Å². The lowest BCUT2D eigenvalue weighted by Crippen LogP contribution is -2.49. The Morgan fingerprint density at radius 1 is 1.11 bits per heavy atom. The van der Waals surface area contributed by atoms with Gasteiger partial charge in [-0.2, -0.15) is 0 Å². The normalized spacial score (nSPS) is 12.9. The Balaban J connectivity index is 2.22. The zero-order chi connectivity index (χ0) is 20.7. The van der Waals surface area contributed by atoms with Crippen LogP contribution in [0.15, 0.2) is 53.0 Å². The van der Waals surface area contributed by atoms with E-state index < -0.39 is 6.04 Å². The number of rotatable bonds is 8. The van der Waals surface area contributed by atoms with Crippen LogP contribution in [0.2, 0.25) is 5.02 Å². The van der Waals surface area contributed by atoms with Crippen molar-refractivity contribution in [3.63, 3.8) is 0 Å². The molecule has 2 amide bonds. The largest absolute Gasteiger partial charge is 0.352 e. The number of nitrogens with zero attached hydrogens (tertiary/aromatic N) is 1. The van der Waals surface area contributed by atoms with E-state index in [0.29, 0.717) is 11.6 Å². The van der Waals surface area contributed by atoms with Crippen molar-refractivity contribution in [3.8, 4) is 0 Å². The topological polar surface area (TPSA) is 49.4 Å². The summed E-state index contributed by atoms with van der Waals surface area (Å²) in [6.45, 7) is 6.11. The summed E-state index contributed by atoms with van der Waals surface area (Å²) in [5, 5.41) is 3.60. The van der Waals surface area contributed by atoms with Crippen molar-refractivity contribution in [2.75, 3.05) is 0 Å². The Kier molecular flexibility index (Phi) is 8.52. The summed E-state index contributed by atoms with van der Waals surface area (Å²) in [7, 11) is 0. The molecule has 0 saturated carbocycles. The highest BCUT2D eigenvalue weighted by Crippen LogP contribution is 2.17. The maximum Gasteiger partial charge on any atom is 0.242 e. The van der Waals surface area contributed by atoms with Gasteiger partial charge in [-0.25, -0.2) is 0 Å². The molecule has 2 atom stereocenters. The van der Waals surface area contributed by atoms with Crippen LogP contribution in [-0.4, -0.2) is 28.8 Å². The smallest absolute Gasteiger partial charge is 0.242 e. The number of amides is 2. The third-order valence-electron chi connectivity index (χ3n) is 4.68. The molecule has 0 unspecified atom stereocenters. The van der Waals surface area contributed by atoms with Crippen LogP contribution in [0.3, 0.4) is 0 Å². The molecule has 150 valence electrons. The number of hydrogen-bond acceptors (Lipinski definition) is 2. The van der Waals surface area contributed by atoms with E-state index in [9.17, 15) is 9.59 Å². The Morgan fingerprint density at radius 3 is 2.39 bits per heavy atom. The summed E-state index contributed by atoms with van der Waals surface area (Å²) in [6, 6.07) is 14.5. The van der Waals surface area contributed by atoms with Gasteiger partial charge in [-0.15, -0.1) is 0 Å². The summed E-state index contributed by atoms with van der Waals surface area (Å²) < 4.78 is 0.937. The van der Waals surface area contributed by atoms with Crippen molar-refractivity contribution in [2.24, 2.45) is 0 Å². The number of carbonyl (C=O) groups is 2. The van der Waals surface area contributed by atoms with Gasteiger partial charge < -0.3 is 10.2 Å². The monoisotopic (exact) mass is 464 g/mol. The van der Waals surface area contributed by atoms with Gasteiger partial charge in [0.2, 0.25) is 11.8 Å². The molecule has 0 fully saturated rings. The average molecular weight is 466 g/mol. The lowest BCUT2D eigenvalue weighted by molar-refractivity contribution is -0.140. The molecular weight excluding hydrogens is 440 g/mol. The fourth-order valence-corrected chi connectivity index (χ4v) is 3.33. The van der Waals surface area contributed by atoms with Crippen molar-refractivity contribution < 1.29 is 9.59 Å². The molecule has 0 aliphatic rings.